The van der Waals surface area contributed by atoms with Crippen molar-refractivity contribution in [2.75, 3.05) is 9.71 Å². The van der Waals surface area contributed by atoms with Crippen LogP contribution < -0.4 is 20.6 Å². The third-order valence-electron chi connectivity index (χ3n) is 7.38. The first-order valence-corrected chi connectivity index (χ1v) is 11.5. The van der Waals surface area contributed by atoms with Gasteiger partial charge in [-0.15, -0.1) is 0 Å². The highest BCUT2D eigenvalue weighted by Gasteiger charge is 2.48. The van der Waals surface area contributed by atoms with Gasteiger partial charge in [-0.3, -0.25) is 0 Å². The van der Waals surface area contributed by atoms with Crippen molar-refractivity contribution in [1.29, 1.82) is 0 Å². The zero-order chi connectivity index (χ0) is 21.5. The Labute approximate surface area is 193 Å². The van der Waals surface area contributed by atoms with Gasteiger partial charge in [-0.25, -0.2) is 0 Å². The van der Waals surface area contributed by atoms with Gasteiger partial charge in [0.1, 0.15) is 0 Å². The summed E-state index contributed by atoms with van der Waals surface area (Å²) in [5.41, 5.74) is 14.4. The summed E-state index contributed by atoms with van der Waals surface area (Å²) in [6.07, 6.45) is 0. The molecular weight excluding hydrogens is 399 g/mol. The minimum Gasteiger partial charge on any atom is -0.376 e. The van der Waals surface area contributed by atoms with Crippen LogP contribution in [0.2, 0.25) is 0 Å². The Balaban J connectivity index is 1.58. The lowest BCUT2D eigenvalue weighted by atomic mass is 9.41. The maximum absolute atomic E-state index is 2.57. The highest BCUT2D eigenvalue weighted by atomic mass is 15.2. The molecule has 0 N–H and O–H groups in total. The van der Waals surface area contributed by atoms with E-state index in [9.17, 15) is 0 Å². The van der Waals surface area contributed by atoms with Gasteiger partial charge in [0.25, 0.3) is 0 Å². The molecule has 3 heteroatoms. The van der Waals surface area contributed by atoms with E-state index < -0.39 is 0 Å². The zero-order valence-electron chi connectivity index (χ0n) is 17.9. The fourth-order valence-electron chi connectivity index (χ4n) is 6.16. The van der Waals surface area contributed by atoms with Crippen LogP contribution in [0.4, 0.5) is 28.4 Å². The highest BCUT2D eigenvalue weighted by Crippen LogP contribution is 2.50. The Hall–Kier alpha value is -4.24. The molecule has 3 heterocycles. The molecule has 0 saturated carbocycles. The molecule has 0 bridgehead atoms. The first-order valence-electron chi connectivity index (χ1n) is 11.5. The number of benzene rings is 5. The number of fused-ring (bicyclic) bond motifs is 6. The fraction of sp³-hybridized carbons (Fsp3) is 0. The standard InChI is InChI=1S/C30H19BN2/c1-2-10-20(11-3-1)32-27-18-8-14-23-21-12-4-6-16-25(21)33-26-17-7-5-13-22(26)24-15-9-19-28(32)30(24)31(33)29(23)27/h1-19H. The van der Waals surface area contributed by atoms with Crippen LogP contribution in [-0.2, 0) is 0 Å². The SMILES string of the molecule is c1ccc(N2c3cccc4c3B3c5c(cccc52)-c2ccccc2N3c2ccccc2-4)cc1. The Kier molecular flexibility index (Phi) is 3.24. The van der Waals surface area contributed by atoms with Crippen molar-refractivity contribution in [2.24, 2.45) is 0 Å². The van der Waals surface area contributed by atoms with Gasteiger partial charge in [0, 0.05) is 39.6 Å². The van der Waals surface area contributed by atoms with Gasteiger partial charge in [0.15, 0.2) is 0 Å². The quantitative estimate of drug-likeness (QED) is 0.292. The van der Waals surface area contributed by atoms with Crippen molar-refractivity contribution in [3.05, 3.63) is 115 Å². The van der Waals surface area contributed by atoms with Crippen molar-refractivity contribution in [3.63, 3.8) is 0 Å². The molecule has 0 amide bonds. The molecule has 2 nitrogen and oxygen atoms in total. The van der Waals surface area contributed by atoms with Gasteiger partial charge >= 0.3 is 6.85 Å². The Morgan fingerprint density at radius 1 is 0.394 bits per heavy atom. The average molecular weight is 418 g/mol. The maximum atomic E-state index is 2.57. The monoisotopic (exact) mass is 418 g/mol. The molecule has 0 aromatic heterocycles. The van der Waals surface area contributed by atoms with Crippen LogP contribution in [0.5, 0.6) is 0 Å². The number of para-hydroxylation sites is 3. The molecule has 3 aliphatic heterocycles. The van der Waals surface area contributed by atoms with E-state index in [-0.39, 0.29) is 6.85 Å². The van der Waals surface area contributed by atoms with Crippen LogP contribution in [0.15, 0.2) is 115 Å². The lowest BCUT2D eigenvalue weighted by Gasteiger charge is -2.49. The van der Waals surface area contributed by atoms with E-state index in [0.717, 1.165) is 0 Å². The number of hydrogen-bond acceptors (Lipinski definition) is 2. The van der Waals surface area contributed by atoms with Crippen molar-refractivity contribution in [1.82, 2.24) is 0 Å². The van der Waals surface area contributed by atoms with Gasteiger partial charge in [-0.1, -0.05) is 78.9 Å². The van der Waals surface area contributed by atoms with Gasteiger partial charge in [-0.2, -0.15) is 0 Å². The summed E-state index contributed by atoms with van der Waals surface area (Å²) in [5.74, 6) is 0. The van der Waals surface area contributed by atoms with Crippen molar-refractivity contribution in [3.8, 4) is 22.3 Å². The van der Waals surface area contributed by atoms with Crippen LogP contribution in [0.1, 0.15) is 0 Å². The van der Waals surface area contributed by atoms with Gasteiger partial charge < -0.3 is 9.71 Å². The molecule has 5 aromatic carbocycles. The lowest BCUT2D eigenvalue weighted by molar-refractivity contribution is 1.26. The van der Waals surface area contributed by atoms with Crippen LogP contribution >= 0.6 is 0 Å². The van der Waals surface area contributed by atoms with Crippen molar-refractivity contribution in [2.45, 2.75) is 0 Å². The highest BCUT2D eigenvalue weighted by molar-refractivity contribution is 6.95. The summed E-state index contributed by atoms with van der Waals surface area (Å²) >= 11 is 0. The summed E-state index contributed by atoms with van der Waals surface area (Å²) < 4.78 is 0. The second-order valence-electron chi connectivity index (χ2n) is 8.95. The number of hydrogen-bond donors (Lipinski definition) is 0. The fourth-order valence-corrected chi connectivity index (χ4v) is 6.16. The summed E-state index contributed by atoms with van der Waals surface area (Å²) in [6, 6.07) is 42.1. The molecule has 0 saturated heterocycles. The van der Waals surface area contributed by atoms with Crippen LogP contribution in [-0.4, -0.2) is 6.85 Å². The van der Waals surface area contributed by atoms with E-state index in [2.05, 4.69) is 125 Å². The number of rotatable bonds is 1. The Bertz CT molecular complexity index is 1490. The van der Waals surface area contributed by atoms with E-state index in [0.29, 0.717) is 0 Å². The molecule has 5 aromatic rings. The third-order valence-corrected chi connectivity index (χ3v) is 7.38. The second-order valence-corrected chi connectivity index (χ2v) is 8.95. The summed E-state index contributed by atoms with van der Waals surface area (Å²) in [4.78, 5) is 5.03. The van der Waals surface area contributed by atoms with E-state index in [4.69, 9.17) is 0 Å². The topological polar surface area (TPSA) is 6.48 Å². The number of anilines is 5. The molecule has 0 spiro atoms. The van der Waals surface area contributed by atoms with Crippen molar-refractivity contribution >= 4 is 46.2 Å². The van der Waals surface area contributed by atoms with E-state index in [1.54, 1.807) is 0 Å². The minimum atomic E-state index is 0.159. The molecular formula is C30H19BN2. The van der Waals surface area contributed by atoms with E-state index >= 15 is 0 Å². The van der Waals surface area contributed by atoms with Crippen molar-refractivity contribution < 1.29 is 0 Å². The molecule has 3 aliphatic rings. The molecule has 33 heavy (non-hydrogen) atoms. The zero-order valence-corrected chi connectivity index (χ0v) is 17.9. The lowest BCUT2D eigenvalue weighted by Crippen LogP contribution is -2.63. The summed E-state index contributed by atoms with van der Waals surface area (Å²) in [5, 5.41) is 0. The first kappa shape index (κ1) is 17.3. The minimum absolute atomic E-state index is 0.159. The normalized spacial score (nSPS) is 13.9. The Morgan fingerprint density at radius 2 is 0.848 bits per heavy atom. The van der Waals surface area contributed by atoms with E-state index in [1.165, 1.54) is 61.6 Å². The van der Waals surface area contributed by atoms with Crippen LogP contribution in [0.3, 0.4) is 0 Å². The predicted octanol–water partition coefficient (Wildman–Crippen LogP) is 6.37. The molecule has 0 fully saturated rings. The molecule has 0 aliphatic carbocycles. The smallest absolute Gasteiger partial charge is 0.333 e. The maximum Gasteiger partial charge on any atom is 0.333 e. The third kappa shape index (κ3) is 2.10. The molecule has 0 unspecified atom stereocenters. The summed E-state index contributed by atoms with van der Waals surface area (Å²) in [6.45, 7) is 0.159. The second kappa shape index (κ2) is 6.17. The largest absolute Gasteiger partial charge is 0.376 e. The van der Waals surface area contributed by atoms with Gasteiger partial charge in [-0.05, 0) is 58.5 Å². The van der Waals surface area contributed by atoms with E-state index in [1.807, 2.05) is 0 Å². The first-order chi connectivity index (χ1) is 16.4. The molecule has 152 valence electrons. The predicted molar refractivity (Wildman–Crippen MR) is 139 cm³/mol. The Morgan fingerprint density at radius 3 is 1.42 bits per heavy atom. The molecule has 8 rings (SSSR count). The summed E-state index contributed by atoms with van der Waals surface area (Å²) in [7, 11) is 0. The number of nitrogens with zero attached hydrogens (tertiary/aromatic N) is 2. The van der Waals surface area contributed by atoms with Crippen LogP contribution in [0, 0.1) is 0 Å². The average Bonchev–Trinajstić information content (AvgIpc) is 2.89. The molecule has 0 atom stereocenters. The molecule has 0 radical (unpaired) electrons. The van der Waals surface area contributed by atoms with Gasteiger partial charge in [0.2, 0.25) is 0 Å². The van der Waals surface area contributed by atoms with Gasteiger partial charge in [0.05, 0.1) is 0 Å². The van der Waals surface area contributed by atoms with Crippen LogP contribution in [0.25, 0.3) is 22.3 Å².